The summed E-state index contributed by atoms with van der Waals surface area (Å²) < 4.78 is 17.4. The molecule has 3 heterocycles. The molecule has 3 aromatic rings. The number of piperazine rings is 1. The van der Waals surface area contributed by atoms with Crippen LogP contribution in [0.5, 0.6) is 5.75 Å². The van der Waals surface area contributed by atoms with Crippen LogP contribution in [0, 0.1) is 0 Å². The van der Waals surface area contributed by atoms with Crippen LogP contribution in [0.1, 0.15) is 24.4 Å². The molecule has 2 saturated heterocycles. The van der Waals surface area contributed by atoms with E-state index in [0.29, 0.717) is 22.4 Å². The number of benzene rings is 2. The third-order valence-corrected chi connectivity index (χ3v) is 7.00. The van der Waals surface area contributed by atoms with Crippen molar-refractivity contribution >= 4 is 33.9 Å². The molecule has 2 aromatic carbocycles. The fraction of sp³-hybridized carbons (Fsp3) is 0.429. The first-order chi connectivity index (χ1) is 17.8. The highest BCUT2D eigenvalue weighted by atomic mass is 16.5. The van der Waals surface area contributed by atoms with Gasteiger partial charge in [0.1, 0.15) is 5.75 Å². The topological polar surface area (TPSA) is 87.5 Å². The van der Waals surface area contributed by atoms with Gasteiger partial charge in [0, 0.05) is 62.8 Å². The molecule has 1 aromatic heterocycles. The molecule has 5 rings (SSSR count). The molecule has 2 aliphatic rings. The lowest BCUT2D eigenvalue weighted by atomic mass is 10.1. The molecule has 0 bridgehead atoms. The number of amides is 1. The Hall–Kier alpha value is -3.56. The third kappa shape index (κ3) is 5.42. The number of nitrogens with one attached hydrogen (secondary N) is 1. The minimum Gasteiger partial charge on any atom is -0.497 e. The molecular formula is C28H34N4O5. The number of hydrogen-bond acceptors (Lipinski definition) is 8. The maximum Gasteiger partial charge on any atom is 0.291 e. The van der Waals surface area contributed by atoms with Gasteiger partial charge in [-0.1, -0.05) is 0 Å². The number of likely N-dealkylation sites (N-methyl/N-ethyl adjacent to an activating group) is 1. The first-order valence-corrected chi connectivity index (χ1v) is 12.7. The Morgan fingerprint density at radius 2 is 1.65 bits per heavy atom. The standard InChI is InChI=1S/C28H34N4O5/c1-18-16-32(17-19(2)36-18)21-7-5-20(6-8-21)29-28(34)26-15-25(33)23-13-22(35-4)14-24(27(23)37-26)31-11-9-30(3)10-12-31/h5-8,13-15,18-19H,9-12,16-17H2,1-4H3,(H,29,34). The molecule has 0 saturated carbocycles. The first kappa shape index (κ1) is 25.1. The summed E-state index contributed by atoms with van der Waals surface area (Å²) in [5.41, 5.74) is 2.57. The van der Waals surface area contributed by atoms with Crippen molar-refractivity contribution in [3.05, 3.63) is 58.4 Å². The zero-order chi connectivity index (χ0) is 26.1. The number of fused-ring (bicyclic) bond motifs is 1. The fourth-order valence-corrected chi connectivity index (χ4v) is 5.06. The Kier molecular flexibility index (Phi) is 7.08. The fourth-order valence-electron chi connectivity index (χ4n) is 5.06. The molecule has 2 aliphatic heterocycles. The largest absolute Gasteiger partial charge is 0.497 e. The van der Waals surface area contributed by atoms with E-state index in [1.54, 1.807) is 13.2 Å². The summed E-state index contributed by atoms with van der Waals surface area (Å²) in [5, 5.41) is 3.26. The minimum absolute atomic E-state index is 0.0297. The van der Waals surface area contributed by atoms with Crippen molar-refractivity contribution in [2.24, 2.45) is 0 Å². The molecule has 2 atom stereocenters. The van der Waals surface area contributed by atoms with Crippen LogP contribution in [0.2, 0.25) is 0 Å². The predicted molar refractivity (Wildman–Crippen MR) is 145 cm³/mol. The van der Waals surface area contributed by atoms with Gasteiger partial charge in [-0.25, -0.2) is 0 Å². The van der Waals surface area contributed by atoms with Gasteiger partial charge in [-0.2, -0.15) is 0 Å². The van der Waals surface area contributed by atoms with Crippen molar-refractivity contribution in [2.75, 3.05) is 68.5 Å². The van der Waals surface area contributed by atoms with E-state index >= 15 is 0 Å². The van der Waals surface area contributed by atoms with Crippen LogP contribution in [0.3, 0.4) is 0 Å². The minimum atomic E-state index is -0.472. The van der Waals surface area contributed by atoms with E-state index in [-0.39, 0.29) is 23.4 Å². The van der Waals surface area contributed by atoms with Gasteiger partial charge in [0.15, 0.2) is 16.8 Å². The number of carbonyl (C=O) groups is 1. The molecular weight excluding hydrogens is 472 g/mol. The number of hydrogen-bond donors (Lipinski definition) is 1. The molecule has 9 nitrogen and oxygen atoms in total. The van der Waals surface area contributed by atoms with Crippen molar-refractivity contribution in [1.29, 1.82) is 0 Å². The monoisotopic (exact) mass is 506 g/mol. The van der Waals surface area contributed by atoms with E-state index in [2.05, 4.69) is 40.9 Å². The van der Waals surface area contributed by atoms with E-state index in [4.69, 9.17) is 13.9 Å². The van der Waals surface area contributed by atoms with Crippen LogP contribution >= 0.6 is 0 Å². The van der Waals surface area contributed by atoms with E-state index in [0.717, 1.165) is 50.6 Å². The SMILES string of the molecule is COc1cc(N2CCN(C)CC2)c2oc(C(=O)Nc3ccc(N4CC(C)OC(C)C4)cc3)cc(=O)c2c1. The number of ether oxygens (including phenoxy) is 2. The van der Waals surface area contributed by atoms with Crippen molar-refractivity contribution in [3.63, 3.8) is 0 Å². The lowest BCUT2D eigenvalue weighted by Crippen LogP contribution is -2.45. The maximum absolute atomic E-state index is 13.1. The van der Waals surface area contributed by atoms with Gasteiger partial charge in [0.2, 0.25) is 0 Å². The molecule has 37 heavy (non-hydrogen) atoms. The first-order valence-electron chi connectivity index (χ1n) is 12.7. The molecule has 1 N–H and O–H groups in total. The quantitative estimate of drug-likeness (QED) is 0.563. The Morgan fingerprint density at radius 3 is 2.30 bits per heavy atom. The molecule has 0 radical (unpaired) electrons. The molecule has 0 spiro atoms. The summed E-state index contributed by atoms with van der Waals surface area (Å²) in [6.45, 7) is 9.12. The van der Waals surface area contributed by atoms with Gasteiger partial charge < -0.3 is 33.9 Å². The highest BCUT2D eigenvalue weighted by Crippen LogP contribution is 2.32. The van der Waals surface area contributed by atoms with E-state index in [9.17, 15) is 9.59 Å². The number of methoxy groups -OCH3 is 1. The summed E-state index contributed by atoms with van der Waals surface area (Å²) in [6, 6.07) is 12.5. The second-order valence-electron chi connectivity index (χ2n) is 9.95. The summed E-state index contributed by atoms with van der Waals surface area (Å²) >= 11 is 0. The predicted octanol–water partition coefficient (Wildman–Crippen LogP) is 3.42. The molecule has 2 unspecified atom stereocenters. The van der Waals surface area contributed by atoms with Gasteiger partial charge in [-0.3, -0.25) is 9.59 Å². The summed E-state index contributed by atoms with van der Waals surface area (Å²) in [4.78, 5) is 32.9. The average Bonchev–Trinajstić information content (AvgIpc) is 2.88. The van der Waals surface area contributed by atoms with Gasteiger partial charge in [-0.05, 0) is 51.2 Å². The Bertz CT molecular complexity index is 1320. The van der Waals surface area contributed by atoms with Crippen LogP contribution in [-0.4, -0.2) is 76.4 Å². The van der Waals surface area contributed by atoms with Crippen LogP contribution < -0.4 is 25.3 Å². The Labute approximate surface area is 216 Å². The number of nitrogens with zero attached hydrogens (tertiary/aromatic N) is 3. The summed E-state index contributed by atoms with van der Waals surface area (Å²) in [6.07, 6.45) is 0.323. The van der Waals surface area contributed by atoms with Gasteiger partial charge in [-0.15, -0.1) is 0 Å². The van der Waals surface area contributed by atoms with Crippen molar-refractivity contribution in [3.8, 4) is 5.75 Å². The zero-order valence-electron chi connectivity index (χ0n) is 21.8. The molecule has 9 heteroatoms. The maximum atomic E-state index is 13.1. The second-order valence-corrected chi connectivity index (χ2v) is 9.95. The smallest absolute Gasteiger partial charge is 0.291 e. The molecule has 2 fully saturated rings. The number of rotatable bonds is 5. The number of morpholine rings is 1. The third-order valence-electron chi connectivity index (χ3n) is 7.00. The Balaban J connectivity index is 1.40. The van der Waals surface area contributed by atoms with Crippen LogP contribution in [-0.2, 0) is 4.74 Å². The summed E-state index contributed by atoms with van der Waals surface area (Å²) in [5.74, 6) is 0.0773. The van der Waals surface area contributed by atoms with Gasteiger partial charge in [0.25, 0.3) is 5.91 Å². The van der Waals surface area contributed by atoms with Crippen LogP contribution in [0.15, 0.2) is 51.7 Å². The van der Waals surface area contributed by atoms with Crippen LogP contribution in [0.25, 0.3) is 11.0 Å². The lowest BCUT2D eigenvalue weighted by molar-refractivity contribution is -0.00521. The van der Waals surface area contributed by atoms with Crippen molar-refractivity contribution in [1.82, 2.24) is 4.90 Å². The Morgan fingerprint density at radius 1 is 0.973 bits per heavy atom. The molecule has 0 aliphatic carbocycles. The van der Waals surface area contributed by atoms with Gasteiger partial charge >= 0.3 is 0 Å². The van der Waals surface area contributed by atoms with E-state index in [1.807, 2.05) is 30.3 Å². The normalized spacial score (nSPS) is 20.8. The van der Waals surface area contributed by atoms with Crippen molar-refractivity contribution in [2.45, 2.75) is 26.1 Å². The summed E-state index contributed by atoms with van der Waals surface area (Å²) in [7, 11) is 3.65. The highest BCUT2D eigenvalue weighted by molar-refractivity contribution is 6.03. The molecule has 1 amide bonds. The van der Waals surface area contributed by atoms with E-state index < -0.39 is 5.91 Å². The van der Waals surface area contributed by atoms with E-state index in [1.165, 1.54) is 6.07 Å². The highest BCUT2D eigenvalue weighted by Gasteiger charge is 2.24. The lowest BCUT2D eigenvalue weighted by Gasteiger charge is -2.36. The molecule has 196 valence electrons. The van der Waals surface area contributed by atoms with Gasteiger partial charge in [0.05, 0.1) is 30.4 Å². The second kappa shape index (κ2) is 10.4. The number of anilines is 3. The van der Waals surface area contributed by atoms with Crippen LogP contribution in [0.4, 0.5) is 17.1 Å². The number of carbonyl (C=O) groups excluding carboxylic acids is 1. The zero-order valence-corrected chi connectivity index (χ0v) is 21.8. The van der Waals surface area contributed by atoms with Crippen molar-refractivity contribution < 1.29 is 18.7 Å². The average molecular weight is 507 g/mol.